The molecule has 0 fully saturated rings. The summed E-state index contributed by atoms with van der Waals surface area (Å²) >= 11 is 1.27. The molecule has 1 aromatic carbocycles. The minimum absolute atomic E-state index is 0.0628. The maximum absolute atomic E-state index is 13.0. The number of benzene rings is 1. The van der Waals surface area contributed by atoms with Crippen molar-refractivity contribution in [2.45, 2.75) is 6.42 Å². The molecule has 0 spiro atoms. The van der Waals surface area contributed by atoms with Gasteiger partial charge in [-0.25, -0.2) is 4.39 Å². The van der Waals surface area contributed by atoms with Crippen LogP contribution in [-0.4, -0.2) is 20.6 Å². The molecular weight excluding hydrogens is 317 g/mol. The van der Waals surface area contributed by atoms with Crippen LogP contribution in [0.25, 0.3) is 0 Å². The second kappa shape index (κ2) is 5.89. The number of rotatable bonds is 4. The Hall–Kier alpha value is -2.60. The van der Waals surface area contributed by atoms with E-state index in [9.17, 15) is 19.4 Å². The highest BCUT2D eigenvalue weighted by Crippen LogP contribution is 2.34. The molecule has 0 amide bonds. The van der Waals surface area contributed by atoms with Crippen LogP contribution < -0.4 is 0 Å². The van der Waals surface area contributed by atoms with Crippen molar-refractivity contribution in [1.29, 1.82) is 0 Å². The van der Waals surface area contributed by atoms with E-state index in [1.54, 1.807) is 24.6 Å². The molecule has 23 heavy (non-hydrogen) atoms. The lowest BCUT2D eigenvalue weighted by Crippen LogP contribution is -2.02. The van der Waals surface area contributed by atoms with Crippen LogP contribution in [0.1, 0.15) is 26.4 Å². The molecule has 0 bridgehead atoms. The van der Waals surface area contributed by atoms with Gasteiger partial charge in [-0.3, -0.25) is 4.79 Å². The number of halogens is 1. The summed E-state index contributed by atoms with van der Waals surface area (Å²) in [4.78, 5) is 13.1. The summed E-state index contributed by atoms with van der Waals surface area (Å²) in [6.07, 6.45) is 1.89. The van der Waals surface area contributed by atoms with Gasteiger partial charge in [0.2, 0.25) is 11.7 Å². The fourth-order valence-electron chi connectivity index (χ4n) is 2.39. The third kappa shape index (κ3) is 2.85. The molecule has 0 radical (unpaired) electrons. The molecule has 2 heterocycles. The minimum atomic E-state index is -0.418. The number of hydrogen-bond acceptors (Lipinski definition) is 4. The third-order valence-electron chi connectivity index (χ3n) is 3.63. The van der Waals surface area contributed by atoms with Crippen LogP contribution in [0.15, 0.2) is 41.9 Å². The predicted molar refractivity (Wildman–Crippen MR) is 85.7 cm³/mol. The molecule has 0 aliphatic rings. The molecule has 6 heteroatoms. The predicted octanol–water partition coefficient (Wildman–Crippen LogP) is 3.46. The van der Waals surface area contributed by atoms with Gasteiger partial charge in [0.05, 0.1) is 10.4 Å². The summed E-state index contributed by atoms with van der Waals surface area (Å²) in [5, 5.41) is 21.3. The van der Waals surface area contributed by atoms with Crippen molar-refractivity contribution < 1.29 is 19.4 Å². The van der Waals surface area contributed by atoms with Gasteiger partial charge in [0.1, 0.15) is 5.82 Å². The highest BCUT2D eigenvalue weighted by molar-refractivity contribution is 7.12. The second-order valence-electron chi connectivity index (χ2n) is 5.23. The lowest BCUT2D eigenvalue weighted by Gasteiger charge is -2.03. The topological polar surface area (TPSA) is 62.5 Å². The maximum Gasteiger partial charge on any atom is 0.235 e. The lowest BCUT2D eigenvalue weighted by atomic mass is 10.0. The highest BCUT2D eigenvalue weighted by Gasteiger charge is 2.23. The molecular formula is C17H14FNO3S. The van der Waals surface area contributed by atoms with Crippen LogP contribution in [0.5, 0.6) is 11.6 Å². The number of carbonyl (C=O) groups excluding carboxylic acids is 1. The number of hydrogen-bond donors (Lipinski definition) is 2. The smallest absolute Gasteiger partial charge is 0.235 e. The van der Waals surface area contributed by atoms with Gasteiger partial charge >= 0.3 is 0 Å². The summed E-state index contributed by atoms with van der Waals surface area (Å²) in [7, 11) is 1.54. The van der Waals surface area contributed by atoms with Crippen molar-refractivity contribution in [3.05, 3.63) is 69.3 Å². The van der Waals surface area contributed by atoms with Gasteiger partial charge in [0.25, 0.3) is 0 Å². The van der Waals surface area contributed by atoms with Gasteiger partial charge in [-0.05, 0) is 41.1 Å². The SMILES string of the molecule is Cn1cc(C(=O)c2sccc2Cc2ccc(F)cc2)c(O)c1O. The molecule has 0 saturated heterocycles. The van der Waals surface area contributed by atoms with Gasteiger partial charge in [0, 0.05) is 13.2 Å². The van der Waals surface area contributed by atoms with Crippen molar-refractivity contribution in [2.24, 2.45) is 7.05 Å². The molecule has 0 aliphatic heterocycles. The first-order valence-electron chi connectivity index (χ1n) is 6.90. The summed E-state index contributed by atoms with van der Waals surface area (Å²) < 4.78 is 14.3. The largest absolute Gasteiger partial charge is 0.503 e. The molecule has 0 aliphatic carbocycles. The second-order valence-corrected chi connectivity index (χ2v) is 6.15. The van der Waals surface area contributed by atoms with Crippen LogP contribution >= 0.6 is 11.3 Å². The molecule has 0 saturated carbocycles. The lowest BCUT2D eigenvalue weighted by molar-refractivity contribution is 0.103. The van der Waals surface area contributed by atoms with E-state index >= 15 is 0 Å². The number of thiophene rings is 1. The number of aryl methyl sites for hydroxylation is 1. The summed E-state index contributed by atoms with van der Waals surface area (Å²) in [6, 6.07) is 7.94. The van der Waals surface area contributed by atoms with Crippen molar-refractivity contribution in [3.63, 3.8) is 0 Å². The molecule has 3 aromatic rings. The number of aromatic hydroxyl groups is 2. The fraction of sp³-hybridized carbons (Fsp3) is 0.118. The van der Waals surface area contributed by atoms with Crippen molar-refractivity contribution in [2.75, 3.05) is 0 Å². The number of carbonyl (C=O) groups is 1. The van der Waals surface area contributed by atoms with Gasteiger partial charge in [-0.15, -0.1) is 11.3 Å². The number of aromatic nitrogens is 1. The Morgan fingerprint density at radius 2 is 1.91 bits per heavy atom. The molecule has 4 nitrogen and oxygen atoms in total. The summed E-state index contributed by atoms with van der Waals surface area (Å²) in [6.45, 7) is 0. The maximum atomic E-state index is 13.0. The summed E-state index contributed by atoms with van der Waals surface area (Å²) in [5.41, 5.74) is 1.75. The average Bonchev–Trinajstić information content (AvgIpc) is 3.09. The Labute approximate surface area is 136 Å². The average molecular weight is 331 g/mol. The Morgan fingerprint density at radius 1 is 1.22 bits per heavy atom. The third-order valence-corrected chi connectivity index (χ3v) is 4.58. The first-order valence-corrected chi connectivity index (χ1v) is 7.78. The van der Waals surface area contributed by atoms with E-state index in [1.165, 1.54) is 34.2 Å². The van der Waals surface area contributed by atoms with E-state index in [-0.39, 0.29) is 23.0 Å². The van der Waals surface area contributed by atoms with Gasteiger partial charge in [-0.2, -0.15) is 0 Å². The molecule has 2 N–H and O–H groups in total. The van der Waals surface area contributed by atoms with Crippen LogP contribution in [0, 0.1) is 5.82 Å². The van der Waals surface area contributed by atoms with Crippen LogP contribution in [0.4, 0.5) is 4.39 Å². The first-order chi connectivity index (χ1) is 11.0. The van der Waals surface area contributed by atoms with Crippen molar-refractivity contribution >= 4 is 17.1 Å². The molecule has 2 aromatic heterocycles. The highest BCUT2D eigenvalue weighted by atomic mass is 32.1. The van der Waals surface area contributed by atoms with E-state index in [0.29, 0.717) is 11.3 Å². The van der Waals surface area contributed by atoms with Crippen LogP contribution in [-0.2, 0) is 13.5 Å². The molecule has 118 valence electrons. The van der Waals surface area contributed by atoms with Gasteiger partial charge in [-0.1, -0.05) is 12.1 Å². The van der Waals surface area contributed by atoms with E-state index in [0.717, 1.165) is 11.1 Å². The monoisotopic (exact) mass is 331 g/mol. The van der Waals surface area contributed by atoms with E-state index in [4.69, 9.17) is 0 Å². The Morgan fingerprint density at radius 3 is 2.52 bits per heavy atom. The number of nitrogens with zero attached hydrogens (tertiary/aromatic N) is 1. The van der Waals surface area contributed by atoms with Crippen molar-refractivity contribution in [3.8, 4) is 11.6 Å². The van der Waals surface area contributed by atoms with Crippen LogP contribution in [0.2, 0.25) is 0 Å². The van der Waals surface area contributed by atoms with Crippen molar-refractivity contribution in [1.82, 2.24) is 4.57 Å². The first kappa shape index (κ1) is 15.3. The van der Waals surface area contributed by atoms with Crippen LogP contribution in [0.3, 0.4) is 0 Å². The molecule has 0 unspecified atom stereocenters. The zero-order valence-electron chi connectivity index (χ0n) is 12.3. The standard InChI is InChI=1S/C17H14FNO3S/c1-19-9-13(15(21)17(19)22)14(20)16-11(6-7-23-16)8-10-2-4-12(18)5-3-10/h2-7,9,21-22H,8H2,1H3. The van der Waals surface area contributed by atoms with Gasteiger partial charge < -0.3 is 14.8 Å². The normalized spacial score (nSPS) is 10.9. The fourth-order valence-corrected chi connectivity index (χ4v) is 3.27. The van der Waals surface area contributed by atoms with E-state index in [2.05, 4.69) is 0 Å². The summed E-state index contributed by atoms with van der Waals surface area (Å²) in [5.74, 6) is -1.41. The Bertz CT molecular complexity index is 865. The Kier molecular flexibility index (Phi) is 3.92. The Balaban J connectivity index is 1.92. The zero-order chi connectivity index (χ0) is 16.6. The zero-order valence-corrected chi connectivity index (χ0v) is 13.1. The molecule has 0 atom stereocenters. The minimum Gasteiger partial charge on any atom is -0.503 e. The van der Waals surface area contributed by atoms with E-state index < -0.39 is 5.75 Å². The molecule has 3 rings (SSSR count). The quantitative estimate of drug-likeness (QED) is 0.720. The number of ketones is 1. The van der Waals surface area contributed by atoms with E-state index in [1.807, 2.05) is 6.07 Å². The van der Waals surface area contributed by atoms with Gasteiger partial charge in [0.15, 0.2) is 5.75 Å².